The number of para-hydroxylation sites is 1. The molecule has 1 saturated heterocycles. The number of ether oxygens (including phenoxy) is 2. The van der Waals surface area contributed by atoms with Gasteiger partial charge in [-0.1, -0.05) is 31.0 Å². The van der Waals surface area contributed by atoms with Gasteiger partial charge in [-0.15, -0.1) is 0 Å². The van der Waals surface area contributed by atoms with E-state index >= 15 is 0 Å². The van der Waals surface area contributed by atoms with E-state index in [9.17, 15) is 14.4 Å². The minimum absolute atomic E-state index is 0.0645. The van der Waals surface area contributed by atoms with E-state index in [2.05, 4.69) is 26.6 Å². The number of carbonyl (C=O) groups excluding carboxylic acids is 2. The molecule has 10 heteroatoms. The summed E-state index contributed by atoms with van der Waals surface area (Å²) in [5.74, 6) is 0.785. The summed E-state index contributed by atoms with van der Waals surface area (Å²) < 4.78 is 12.4. The molecule has 3 aromatic rings. The first-order valence-corrected chi connectivity index (χ1v) is 14.9. The van der Waals surface area contributed by atoms with Gasteiger partial charge in [-0.05, 0) is 88.8 Å². The molecule has 0 spiro atoms. The van der Waals surface area contributed by atoms with E-state index < -0.39 is 12.0 Å². The van der Waals surface area contributed by atoms with Crippen molar-refractivity contribution in [2.45, 2.75) is 38.1 Å². The second kappa shape index (κ2) is 13.3. The third-order valence-electron chi connectivity index (χ3n) is 8.10. The number of nitrogens with one attached hydrogen (secondary N) is 2. The minimum Gasteiger partial charge on any atom is -0.495 e. The average molecular weight is 637 g/mol. The van der Waals surface area contributed by atoms with Crippen LogP contribution in [0.15, 0.2) is 71.2 Å². The van der Waals surface area contributed by atoms with Crippen LogP contribution < -0.4 is 20.1 Å². The smallest absolute Gasteiger partial charge is 0.335 e. The maximum absolute atomic E-state index is 13.6. The van der Waals surface area contributed by atoms with E-state index in [-0.39, 0.29) is 29.9 Å². The average Bonchev–Trinajstić information content (AvgIpc) is 3.37. The number of nitrogens with zero attached hydrogens (tertiary/aromatic N) is 1. The minimum atomic E-state index is -0.970. The molecule has 1 saturated carbocycles. The molecule has 220 valence electrons. The number of methoxy groups -OCH3 is 1. The van der Waals surface area contributed by atoms with Crippen LogP contribution in [0.4, 0.5) is 16.2 Å². The normalized spacial score (nSPS) is 19.5. The van der Waals surface area contributed by atoms with Crippen LogP contribution in [0.25, 0.3) is 0 Å². The van der Waals surface area contributed by atoms with Gasteiger partial charge in [0.2, 0.25) is 5.91 Å². The van der Waals surface area contributed by atoms with Gasteiger partial charge in [-0.25, -0.2) is 9.59 Å². The summed E-state index contributed by atoms with van der Waals surface area (Å²) >= 11 is 3.42. The summed E-state index contributed by atoms with van der Waals surface area (Å²) in [6.45, 7) is 1.11. The predicted octanol–water partition coefficient (Wildman–Crippen LogP) is 6.44. The molecule has 1 aliphatic carbocycles. The van der Waals surface area contributed by atoms with Crippen LogP contribution in [-0.4, -0.2) is 54.2 Å². The number of hydrogen-bond donors (Lipinski definition) is 3. The molecule has 2 fully saturated rings. The number of likely N-dealkylation sites (tertiary alicyclic amines) is 1. The number of amides is 3. The number of hydrogen-bond acceptors (Lipinski definition) is 5. The zero-order valence-corrected chi connectivity index (χ0v) is 24.9. The SMILES string of the molecule is COc1cc(CC(=O)N2CC(COc3ccc(C(=O)O)cc3)C3CCCCC32)ccc1NC(=O)Nc1ccccc1Br. The van der Waals surface area contributed by atoms with Gasteiger partial charge in [0.1, 0.15) is 11.5 Å². The van der Waals surface area contributed by atoms with Crippen molar-refractivity contribution in [1.82, 2.24) is 4.90 Å². The molecule has 3 amide bonds. The van der Waals surface area contributed by atoms with Gasteiger partial charge in [0.05, 0.1) is 37.1 Å². The summed E-state index contributed by atoms with van der Waals surface area (Å²) in [5.41, 5.74) is 2.17. The third kappa shape index (κ3) is 6.87. The summed E-state index contributed by atoms with van der Waals surface area (Å²) in [5, 5.41) is 14.7. The number of aromatic carboxylic acids is 1. The number of carbonyl (C=O) groups is 3. The van der Waals surface area contributed by atoms with Crippen molar-refractivity contribution in [3.63, 3.8) is 0 Å². The van der Waals surface area contributed by atoms with Gasteiger partial charge in [0.15, 0.2) is 0 Å². The first kappa shape index (κ1) is 29.4. The quantitative estimate of drug-likeness (QED) is 0.249. The maximum atomic E-state index is 13.6. The predicted molar refractivity (Wildman–Crippen MR) is 163 cm³/mol. The van der Waals surface area contributed by atoms with Crippen LogP contribution in [0.1, 0.15) is 41.6 Å². The van der Waals surface area contributed by atoms with E-state index in [1.54, 1.807) is 30.3 Å². The monoisotopic (exact) mass is 635 g/mol. The Hall–Kier alpha value is -4.05. The van der Waals surface area contributed by atoms with Crippen LogP contribution in [0.3, 0.4) is 0 Å². The van der Waals surface area contributed by atoms with Crippen molar-refractivity contribution in [3.8, 4) is 11.5 Å². The molecule has 3 unspecified atom stereocenters. The Morgan fingerprint density at radius 3 is 2.45 bits per heavy atom. The van der Waals surface area contributed by atoms with Gasteiger partial charge in [-0.3, -0.25) is 4.79 Å². The topological polar surface area (TPSA) is 117 Å². The van der Waals surface area contributed by atoms with Crippen molar-refractivity contribution in [1.29, 1.82) is 0 Å². The third-order valence-corrected chi connectivity index (χ3v) is 8.79. The van der Waals surface area contributed by atoms with E-state index in [0.717, 1.165) is 35.7 Å². The van der Waals surface area contributed by atoms with Crippen molar-refractivity contribution in [3.05, 3.63) is 82.3 Å². The lowest BCUT2D eigenvalue weighted by molar-refractivity contribution is -0.132. The molecular formula is C32H34BrN3O6. The molecule has 3 N–H and O–H groups in total. The van der Waals surface area contributed by atoms with E-state index in [1.807, 2.05) is 29.2 Å². The highest BCUT2D eigenvalue weighted by Crippen LogP contribution is 2.40. The number of carboxylic acids is 1. The van der Waals surface area contributed by atoms with Crippen molar-refractivity contribution in [2.75, 3.05) is 30.9 Å². The van der Waals surface area contributed by atoms with Gasteiger partial charge < -0.3 is 30.1 Å². The Morgan fingerprint density at radius 2 is 1.71 bits per heavy atom. The molecule has 1 aliphatic heterocycles. The standard InChI is InChI=1S/C32H34BrN3O6/c1-41-29-16-20(10-15-27(29)35-32(40)34-26-8-4-3-7-25(26)33)17-30(37)36-18-22(24-6-2-5-9-28(24)36)19-42-23-13-11-21(12-14-23)31(38)39/h3-4,7-8,10-16,22,24,28H,2,5-6,9,17-19H2,1H3,(H,38,39)(H2,34,35,40). The number of carboxylic acid groups (broad SMARTS) is 1. The Balaban J connectivity index is 1.21. The van der Waals surface area contributed by atoms with Crippen LogP contribution in [0, 0.1) is 11.8 Å². The first-order chi connectivity index (χ1) is 20.3. The molecule has 1 heterocycles. The summed E-state index contributed by atoms with van der Waals surface area (Å²) in [6.07, 6.45) is 4.53. The number of rotatable bonds is 9. The molecule has 3 atom stereocenters. The molecule has 0 bridgehead atoms. The number of benzene rings is 3. The lowest BCUT2D eigenvalue weighted by Crippen LogP contribution is -2.40. The van der Waals surface area contributed by atoms with Crippen LogP contribution in [0.2, 0.25) is 0 Å². The molecular weight excluding hydrogens is 602 g/mol. The fourth-order valence-electron chi connectivity index (χ4n) is 6.02. The first-order valence-electron chi connectivity index (χ1n) is 14.1. The largest absolute Gasteiger partial charge is 0.495 e. The lowest BCUT2D eigenvalue weighted by atomic mass is 9.80. The van der Waals surface area contributed by atoms with E-state index in [1.165, 1.54) is 19.2 Å². The molecule has 9 nitrogen and oxygen atoms in total. The van der Waals surface area contributed by atoms with Gasteiger partial charge in [0.25, 0.3) is 0 Å². The second-order valence-corrected chi connectivity index (χ2v) is 11.6. The van der Waals surface area contributed by atoms with Crippen molar-refractivity contribution in [2.24, 2.45) is 11.8 Å². The highest BCUT2D eigenvalue weighted by molar-refractivity contribution is 9.10. The highest BCUT2D eigenvalue weighted by atomic mass is 79.9. The molecule has 5 rings (SSSR count). The number of urea groups is 1. The summed E-state index contributed by atoms with van der Waals surface area (Å²) in [7, 11) is 1.53. The second-order valence-electron chi connectivity index (χ2n) is 10.7. The number of fused-ring (bicyclic) bond motifs is 1. The fraction of sp³-hybridized carbons (Fsp3) is 0.344. The molecule has 42 heavy (non-hydrogen) atoms. The highest BCUT2D eigenvalue weighted by Gasteiger charge is 2.44. The van der Waals surface area contributed by atoms with Gasteiger partial charge >= 0.3 is 12.0 Å². The Kier molecular flexibility index (Phi) is 9.31. The van der Waals surface area contributed by atoms with Crippen LogP contribution in [0.5, 0.6) is 11.5 Å². The molecule has 3 aromatic carbocycles. The summed E-state index contributed by atoms with van der Waals surface area (Å²) in [4.78, 5) is 39.3. The van der Waals surface area contributed by atoms with E-state index in [4.69, 9.17) is 14.6 Å². The van der Waals surface area contributed by atoms with Crippen LogP contribution in [-0.2, 0) is 11.2 Å². The number of halogens is 1. The van der Waals surface area contributed by atoms with Gasteiger partial charge in [-0.2, -0.15) is 0 Å². The van der Waals surface area contributed by atoms with Crippen molar-refractivity contribution >= 4 is 45.2 Å². The number of anilines is 2. The van der Waals surface area contributed by atoms with Crippen molar-refractivity contribution < 1.29 is 29.0 Å². The fourth-order valence-corrected chi connectivity index (χ4v) is 6.41. The van der Waals surface area contributed by atoms with Crippen LogP contribution >= 0.6 is 15.9 Å². The molecule has 0 aromatic heterocycles. The van der Waals surface area contributed by atoms with Gasteiger partial charge in [0, 0.05) is 23.0 Å². The lowest BCUT2D eigenvalue weighted by Gasteiger charge is -2.32. The zero-order valence-electron chi connectivity index (χ0n) is 23.3. The Labute approximate surface area is 253 Å². The summed E-state index contributed by atoms with van der Waals surface area (Å²) in [6, 6.07) is 18.9. The Morgan fingerprint density at radius 1 is 0.976 bits per heavy atom. The zero-order chi connectivity index (χ0) is 29.6. The Bertz CT molecular complexity index is 1450. The maximum Gasteiger partial charge on any atom is 0.335 e. The molecule has 0 radical (unpaired) electrons. The van der Waals surface area contributed by atoms with E-state index in [0.29, 0.717) is 41.9 Å². The molecule has 2 aliphatic rings.